The predicted molar refractivity (Wildman–Crippen MR) is 71.8 cm³/mol. The van der Waals surface area contributed by atoms with Gasteiger partial charge in [-0.05, 0) is 29.3 Å². The van der Waals surface area contributed by atoms with Gasteiger partial charge < -0.3 is 4.57 Å². The highest BCUT2D eigenvalue weighted by molar-refractivity contribution is 6.31. The van der Waals surface area contributed by atoms with E-state index in [2.05, 4.69) is 15.0 Å². The van der Waals surface area contributed by atoms with Gasteiger partial charge in [-0.25, -0.2) is 0 Å². The summed E-state index contributed by atoms with van der Waals surface area (Å²) in [5.74, 6) is 0.483. The predicted octanol–water partition coefficient (Wildman–Crippen LogP) is 3.34. The van der Waals surface area contributed by atoms with Gasteiger partial charge in [0.1, 0.15) is 0 Å². The van der Waals surface area contributed by atoms with Crippen LogP contribution in [0.15, 0.2) is 30.5 Å². The standard InChI is InChI=1S/C12H8Cl2N4/c1-18-6-8(7-4-2-3-5-9(7)18)10-15-11(13)17-12(14)16-10/h2-6H,1H3. The van der Waals surface area contributed by atoms with Crippen LogP contribution in [0.1, 0.15) is 0 Å². The molecular formula is C12H8Cl2N4. The van der Waals surface area contributed by atoms with E-state index in [0.717, 1.165) is 16.5 Å². The van der Waals surface area contributed by atoms with E-state index < -0.39 is 0 Å². The summed E-state index contributed by atoms with van der Waals surface area (Å²) < 4.78 is 2.01. The van der Waals surface area contributed by atoms with Crippen molar-refractivity contribution in [3.05, 3.63) is 41.0 Å². The maximum absolute atomic E-state index is 5.80. The van der Waals surface area contributed by atoms with E-state index in [1.54, 1.807) is 0 Å². The van der Waals surface area contributed by atoms with Crippen LogP contribution < -0.4 is 0 Å². The number of aromatic nitrogens is 4. The number of hydrogen-bond acceptors (Lipinski definition) is 3. The van der Waals surface area contributed by atoms with Crippen molar-refractivity contribution in [3.63, 3.8) is 0 Å². The highest BCUT2D eigenvalue weighted by Crippen LogP contribution is 2.28. The largest absolute Gasteiger partial charge is 0.350 e. The summed E-state index contributed by atoms with van der Waals surface area (Å²) in [6, 6.07) is 8.00. The fraction of sp³-hybridized carbons (Fsp3) is 0.0833. The molecule has 6 heteroatoms. The lowest BCUT2D eigenvalue weighted by atomic mass is 10.2. The minimum atomic E-state index is 0.0953. The first-order valence-corrected chi connectivity index (χ1v) is 6.02. The Morgan fingerprint density at radius 1 is 1.00 bits per heavy atom. The number of halogens is 2. The van der Waals surface area contributed by atoms with E-state index in [9.17, 15) is 0 Å². The molecule has 0 aliphatic rings. The van der Waals surface area contributed by atoms with E-state index in [1.165, 1.54) is 0 Å². The number of para-hydroxylation sites is 1. The molecule has 0 aliphatic heterocycles. The van der Waals surface area contributed by atoms with Crippen molar-refractivity contribution in [2.45, 2.75) is 0 Å². The number of hydrogen-bond donors (Lipinski definition) is 0. The van der Waals surface area contributed by atoms with Gasteiger partial charge in [0.05, 0.1) is 0 Å². The molecule has 0 unspecified atom stereocenters. The first kappa shape index (κ1) is 11.4. The van der Waals surface area contributed by atoms with Gasteiger partial charge >= 0.3 is 0 Å². The lowest BCUT2D eigenvalue weighted by Crippen LogP contribution is -1.93. The average molecular weight is 279 g/mol. The molecule has 0 aliphatic carbocycles. The summed E-state index contributed by atoms with van der Waals surface area (Å²) in [4.78, 5) is 12.0. The summed E-state index contributed by atoms with van der Waals surface area (Å²) in [6.07, 6.45) is 1.95. The Kier molecular flexibility index (Phi) is 2.69. The molecule has 90 valence electrons. The van der Waals surface area contributed by atoms with Gasteiger partial charge in [0.15, 0.2) is 5.82 Å². The minimum absolute atomic E-state index is 0.0953. The molecule has 0 amide bonds. The lowest BCUT2D eigenvalue weighted by molar-refractivity contribution is 0.966. The lowest BCUT2D eigenvalue weighted by Gasteiger charge is -1.98. The fourth-order valence-electron chi connectivity index (χ4n) is 1.97. The summed E-state index contributed by atoms with van der Waals surface area (Å²) in [5, 5.41) is 1.24. The highest BCUT2D eigenvalue weighted by Gasteiger charge is 2.12. The van der Waals surface area contributed by atoms with Crippen LogP contribution in [0.5, 0.6) is 0 Å². The number of benzene rings is 1. The van der Waals surface area contributed by atoms with E-state index in [1.807, 2.05) is 42.1 Å². The first-order valence-electron chi connectivity index (χ1n) is 5.26. The Balaban J connectivity index is 2.31. The molecular weight excluding hydrogens is 271 g/mol. The van der Waals surface area contributed by atoms with Crippen LogP contribution >= 0.6 is 23.2 Å². The Morgan fingerprint density at radius 3 is 2.39 bits per heavy atom. The Hall–Kier alpha value is -1.65. The molecule has 0 atom stereocenters. The highest BCUT2D eigenvalue weighted by atomic mass is 35.5. The van der Waals surface area contributed by atoms with Crippen LogP contribution in [0, 0.1) is 0 Å². The summed E-state index contributed by atoms with van der Waals surface area (Å²) in [7, 11) is 1.97. The van der Waals surface area contributed by atoms with Crippen LogP contribution in [0.4, 0.5) is 0 Å². The number of aryl methyl sites for hydroxylation is 1. The summed E-state index contributed by atoms with van der Waals surface area (Å²) in [6.45, 7) is 0. The van der Waals surface area contributed by atoms with Crippen molar-refractivity contribution in [3.8, 4) is 11.4 Å². The molecule has 0 fully saturated rings. The molecule has 0 saturated carbocycles. The van der Waals surface area contributed by atoms with Crippen molar-refractivity contribution < 1.29 is 0 Å². The summed E-state index contributed by atoms with van der Waals surface area (Å²) in [5.41, 5.74) is 1.99. The second kappa shape index (κ2) is 4.23. The zero-order chi connectivity index (χ0) is 12.7. The van der Waals surface area contributed by atoms with Gasteiger partial charge in [-0.15, -0.1) is 0 Å². The second-order valence-corrected chi connectivity index (χ2v) is 4.54. The SMILES string of the molecule is Cn1cc(-c2nc(Cl)nc(Cl)n2)c2ccccc21. The smallest absolute Gasteiger partial charge is 0.227 e. The normalized spacial score (nSPS) is 11.1. The Labute approximate surface area is 113 Å². The van der Waals surface area contributed by atoms with Crippen LogP contribution in [0.25, 0.3) is 22.3 Å². The Bertz CT molecular complexity index is 716. The van der Waals surface area contributed by atoms with Crippen molar-refractivity contribution in [2.75, 3.05) is 0 Å². The van der Waals surface area contributed by atoms with E-state index >= 15 is 0 Å². The van der Waals surface area contributed by atoms with E-state index in [0.29, 0.717) is 5.82 Å². The molecule has 3 aromatic rings. The van der Waals surface area contributed by atoms with E-state index in [-0.39, 0.29) is 10.6 Å². The van der Waals surface area contributed by atoms with Gasteiger partial charge in [-0.1, -0.05) is 18.2 Å². The second-order valence-electron chi connectivity index (χ2n) is 3.87. The fourth-order valence-corrected chi connectivity index (χ4v) is 2.33. The first-order chi connectivity index (χ1) is 8.65. The van der Waals surface area contributed by atoms with Crippen LogP contribution in [-0.2, 0) is 7.05 Å². The molecule has 2 aromatic heterocycles. The van der Waals surface area contributed by atoms with Crippen molar-refractivity contribution >= 4 is 34.1 Å². The van der Waals surface area contributed by atoms with Gasteiger partial charge in [-0.2, -0.15) is 15.0 Å². The number of fused-ring (bicyclic) bond motifs is 1. The maximum Gasteiger partial charge on any atom is 0.227 e. The zero-order valence-electron chi connectivity index (χ0n) is 9.43. The maximum atomic E-state index is 5.80. The molecule has 2 heterocycles. The molecule has 4 nitrogen and oxygen atoms in total. The topological polar surface area (TPSA) is 43.6 Å². The third kappa shape index (κ3) is 1.83. The average Bonchev–Trinajstić information content (AvgIpc) is 2.66. The number of nitrogens with zero attached hydrogens (tertiary/aromatic N) is 4. The zero-order valence-corrected chi connectivity index (χ0v) is 10.9. The van der Waals surface area contributed by atoms with Gasteiger partial charge in [0, 0.05) is 29.7 Å². The van der Waals surface area contributed by atoms with Crippen molar-refractivity contribution in [1.82, 2.24) is 19.5 Å². The molecule has 0 radical (unpaired) electrons. The van der Waals surface area contributed by atoms with Gasteiger partial charge in [0.25, 0.3) is 0 Å². The van der Waals surface area contributed by atoms with Crippen molar-refractivity contribution in [1.29, 1.82) is 0 Å². The van der Waals surface area contributed by atoms with Gasteiger partial charge in [-0.3, -0.25) is 0 Å². The third-order valence-corrected chi connectivity index (χ3v) is 3.06. The third-order valence-electron chi connectivity index (χ3n) is 2.72. The molecule has 0 spiro atoms. The molecule has 0 bridgehead atoms. The quantitative estimate of drug-likeness (QED) is 0.686. The summed E-state index contributed by atoms with van der Waals surface area (Å²) >= 11 is 11.6. The Morgan fingerprint density at radius 2 is 1.67 bits per heavy atom. The minimum Gasteiger partial charge on any atom is -0.350 e. The molecule has 0 N–H and O–H groups in total. The molecule has 1 aromatic carbocycles. The monoisotopic (exact) mass is 278 g/mol. The van der Waals surface area contributed by atoms with E-state index in [4.69, 9.17) is 23.2 Å². The van der Waals surface area contributed by atoms with Crippen LogP contribution in [0.3, 0.4) is 0 Å². The van der Waals surface area contributed by atoms with Crippen LogP contribution in [0.2, 0.25) is 10.6 Å². The molecule has 0 saturated heterocycles. The molecule has 18 heavy (non-hydrogen) atoms. The molecule has 3 rings (SSSR count). The van der Waals surface area contributed by atoms with Gasteiger partial charge in [0.2, 0.25) is 10.6 Å². The van der Waals surface area contributed by atoms with Crippen LogP contribution in [-0.4, -0.2) is 19.5 Å². The number of rotatable bonds is 1. The van der Waals surface area contributed by atoms with Crippen molar-refractivity contribution in [2.24, 2.45) is 7.05 Å².